The van der Waals surface area contributed by atoms with Gasteiger partial charge in [-0.1, -0.05) is 30.3 Å². The molecule has 1 aromatic heterocycles. The molecule has 2 N–H and O–H groups in total. The Morgan fingerprint density at radius 3 is 2.55 bits per heavy atom. The van der Waals surface area contributed by atoms with Gasteiger partial charge in [-0.05, 0) is 11.6 Å². The lowest BCUT2D eigenvalue weighted by Gasteiger charge is -2.25. The number of aromatic nitrogens is 1. The first-order chi connectivity index (χ1) is 9.74. The van der Waals surface area contributed by atoms with Crippen molar-refractivity contribution in [1.29, 1.82) is 0 Å². The van der Waals surface area contributed by atoms with Crippen molar-refractivity contribution in [2.75, 3.05) is 18.1 Å². The van der Waals surface area contributed by atoms with Crippen molar-refractivity contribution in [1.82, 2.24) is 4.98 Å². The third-order valence-corrected chi connectivity index (χ3v) is 2.97. The van der Waals surface area contributed by atoms with Crippen LogP contribution in [0, 0.1) is 5.82 Å². The number of hydrogen-bond acceptors (Lipinski definition) is 4. The number of halogens is 1. The molecule has 106 valence electrons. The van der Waals surface area contributed by atoms with Crippen molar-refractivity contribution in [3.8, 4) is 0 Å². The van der Waals surface area contributed by atoms with E-state index in [2.05, 4.69) is 4.98 Å². The van der Waals surface area contributed by atoms with Crippen LogP contribution in [-0.4, -0.2) is 28.3 Å². The van der Waals surface area contributed by atoms with E-state index in [0.29, 0.717) is 24.5 Å². The van der Waals surface area contributed by atoms with Crippen molar-refractivity contribution >= 4 is 5.82 Å². The molecular formula is C15H17FN2O2. The van der Waals surface area contributed by atoms with Crippen molar-refractivity contribution in [3.05, 3.63) is 59.5 Å². The van der Waals surface area contributed by atoms with Crippen LogP contribution in [0.1, 0.15) is 11.1 Å². The van der Waals surface area contributed by atoms with Gasteiger partial charge in [-0.25, -0.2) is 9.37 Å². The summed E-state index contributed by atoms with van der Waals surface area (Å²) < 4.78 is 13.2. The fourth-order valence-corrected chi connectivity index (χ4v) is 2.06. The maximum absolute atomic E-state index is 13.2. The summed E-state index contributed by atoms with van der Waals surface area (Å²) in [7, 11) is 0. The van der Waals surface area contributed by atoms with Gasteiger partial charge in [0.25, 0.3) is 0 Å². The Balaban J connectivity index is 2.28. The van der Waals surface area contributed by atoms with Crippen LogP contribution in [0.2, 0.25) is 0 Å². The molecule has 0 radical (unpaired) electrons. The van der Waals surface area contributed by atoms with E-state index >= 15 is 0 Å². The van der Waals surface area contributed by atoms with Gasteiger partial charge in [0, 0.05) is 18.7 Å². The first kappa shape index (κ1) is 14.4. The predicted octanol–water partition coefficient (Wildman–Crippen LogP) is 1.71. The van der Waals surface area contributed by atoms with E-state index in [1.165, 1.54) is 6.07 Å². The average Bonchev–Trinajstić information content (AvgIpc) is 2.48. The zero-order chi connectivity index (χ0) is 14.4. The van der Waals surface area contributed by atoms with Crippen LogP contribution in [0.5, 0.6) is 0 Å². The molecule has 20 heavy (non-hydrogen) atoms. The van der Waals surface area contributed by atoms with Crippen LogP contribution in [-0.2, 0) is 13.2 Å². The van der Waals surface area contributed by atoms with E-state index in [-0.39, 0.29) is 13.2 Å². The van der Waals surface area contributed by atoms with Gasteiger partial charge >= 0.3 is 0 Å². The second-order valence-electron chi connectivity index (χ2n) is 4.43. The second kappa shape index (κ2) is 6.98. The SMILES string of the molecule is OCCN(Cc1ccccc1)c1ncc(F)cc1CO. The number of aliphatic hydroxyl groups excluding tert-OH is 2. The molecule has 0 spiro atoms. The lowest BCUT2D eigenvalue weighted by Crippen LogP contribution is -2.28. The van der Waals surface area contributed by atoms with E-state index in [4.69, 9.17) is 0 Å². The highest BCUT2D eigenvalue weighted by Crippen LogP contribution is 2.20. The van der Waals surface area contributed by atoms with E-state index < -0.39 is 5.82 Å². The highest BCUT2D eigenvalue weighted by molar-refractivity contribution is 5.47. The molecule has 1 heterocycles. The minimum absolute atomic E-state index is 0.0449. The predicted molar refractivity (Wildman–Crippen MR) is 74.7 cm³/mol. The van der Waals surface area contributed by atoms with Crippen LogP contribution in [0.4, 0.5) is 10.2 Å². The first-order valence-corrected chi connectivity index (χ1v) is 6.39. The van der Waals surface area contributed by atoms with Gasteiger partial charge in [0.15, 0.2) is 0 Å². The molecule has 0 amide bonds. The van der Waals surface area contributed by atoms with Gasteiger partial charge in [-0.3, -0.25) is 0 Å². The number of nitrogens with zero attached hydrogens (tertiary/aromatic N) is 2. The largest absolute Gasteiger partial charge is 0.395 e. The Morgan fingerprint density at radius 2 is 1.90 bits per heavy atom. The van der Waals surface area contributed by atoms with E-state index in [1.807, 2.05) is 35.2 Å². The Morgan fingerprint density at radius 1 is 1.15 bits per heavy atom. The third kappa shape index (κ3) is 3.53. The van der Waals surface area contributed by atoms with E-state index in [1.54, 1.807) is 0 Å². The van der Waals surface area contributed by atoms with Crippen molar-refractivity contribution < 1.29 is 14.6 Å². The van der Waals surface area contributed by atoms with Gasteiger partial charge < -0.3 is 15.1 Å². The van der Waals surface area contributed by atoms with Gasteiger partial charge in [0.05, 0.1) is 19.4 Å². The zero-order valence-electron chi connectivity index (χ0n) is 11.0. The molecule has 4 nitrogen and oxygen atoms in total. The Hall–Kier alpha value is -1.98. The fraction of sp³-hybridized carbons (Fsp3) is 0.267. The normalized spacial score (nSPS) is 10.6. The minimum Gasteiger partial charge on any atom is -0.395 e. The summed E-state index contributed by atoms with van der Waals surface area (Å²) in [6.07, 6.45) is 1.11. The molecule has 0 fully saturated rings. The maximum atomic E-state index is 13.2. The smallest absolute Gasteiger partial charge is 0.142 e. The first-order valence-electron chi connectivity index (χ1n) is 6.39. The molecule has 0 bridgehead atoms. The molecule has 2 aromatic rings. The van der Waals surface area contributed by atoms with Gasteiger partial charge in [-0.2, -0.15) is 0 Å². The Labute approximate surface area is 117 Å². The van der Waals surface area contributed by atoms with Crippen molar-refractivity contribution in [2.24, 2.45) is 0 Å². The molecule has 0 saturated carbocycles. The lowest BCUT2D eigenvalue weighted by molar-refractivity contribution is 0.279. The second-order valence-corrected chi connectivity index (χ2v) is 4.43. The Bertz CT molecular complexity index is 549. The van der Waals surface area contributed by atoms with Crippen LogP contribution in [0.15, 0.2) is 42.6 Å². The quantitative estimate of drug-likeness (QED) is 0.843. The molecule has 0 aliphatic heterocycles. The highest BCUT2D eigenvalue weighted by Gasteiger charge is 2.13. The number of anilines is 1. The molecule has 5 heteroatoms. The summed E-state index contributed by atoms with van der Waals surface area (Å²) in [6.45, 7) is 0.557. The monoisotopic (exact) mass is 276 g/mol. The summed E-state index contributed by atoms with van der Waals surface area (Å²) in [6, 6.07) is 11.0. The fourth-order valence-electron chi connectivity index (χ4n) is 2.06. The standard InChI is InChI=1S/C15H17FN2O2/c16-14-8-13(11-20)15(17-9-14)18(6-7-19)10-12-4-2-1-3-5-12/h1-5,8-9,19-20H,6-7,10-11H2. The summed E-state index contributed by atoms with van der Waals surface area (Å²) in [5, 5.41) is 18.5. The topological polar surface area (TPSA) is 56.6 Å². The highest BCUT2D eigenvalue weighted by atomic mass is 19.1. The van der Waals surface area contributed by atoms with Crippen LogP contribution >= 0.6 is 0 Å². The zero-order valence-corrected chi connectivity index (χ0v) is 11.0. The Kier molecular flexibility index (Phi) is 5.03. The molecule has 0 aliphatic carbocycles. The van der Waals surface area contributed by atoms with Gasteiger partial charge in [-0.15, -0.1) is 0 Å². The summed E-state index contributed by atoms with van der Waals surface area (Å²) in [5.74, 6) is 0.00765. The number of rotatable bonds is 6. The molecule has 2 rings (SSSR count). The van der Waals surface area contributed by atoms with E-state index in [9.17, 15) is 14.6 Å². The molecule has 0 unspecified atom stereocenters. The molecule has 1 aromatic carbocycles. The maximum Gasteiger partial charge on any atom is 0.142 e. The third-order valence-electron chi connectivity index (χ3n) is 2.97. The number of benzene rings is 1. The number of pyridine rings is 1. The summed E-state index contributed by atoms with van der Waals surface area (Å²) >= 11 is 0. The molecule has 0 atom stereocenters. The summed E-state index contributed by atoms with van der Waals surface area (Å²) in [4.78, 5) is 5.86. The van der Waals surface area contributed by atoms with Crippen LogP contribution < -0.4 is 4.90 Å². The molecular weight excluding hydrogens is 259 g/mol. The lowest BCUT2D eigenvalue weighted by atomic mass is 10.2. The molecule has 0 saturated heterocycles. The van der Waals surface area contributed by atoms with Crippen LogP contribution in [0.25, 0.3) is 0 Å². The minimum atomic E-state index is -0.485. The van der Waals surface area contributed by atoms with Crippen molar-refractivity contribution in [2.45, 2.75) is 13.2 Å². The van der Waals surface area contributed by atoms with Crippen molar-refractivity contribution in [3.63, 3.8) is 0 Å². The van der Waals surface area contributed by atoms with E-state index in [0.717, 1.165) is 11.8 Å². The van der Waals surface area contributed by atoms with Gasteiger partial charge in [0.1, 0.15) is 11.6 Å². The summed E-state index contributed by atoms with van der Waals surface area (Å²) in [5.41, 5.74) is 1.46. The molecule has 0 aliphatic rings. The number of hydrogen-bond donors (Lipinski definition) is 2. The number of aliphatic hydroxyl groups is 2. The van der Waals surface area contributed by atoms with Gasteiger partial charge in [0.2, 0.25) is 0 Å². The average molecular weight is 276 g/mol. The van der Waals surface area contributed by atoms with Crippen LogP contribution in [0.3, 0.4) is 0 Å².